The van der Waals surface area contributed by atoms with E-state index in [9.17, 15) is 9.59 Å². The van der Waals surface area contributed by atoms with E-state index in [0.29, 0.717) is 0 Å². The largest absolute Gasteiger partial charge is 0.463 e. The number of amides is 1. The molecule has 3 atom stereocenters. The summed E-state index contributed by atoms with van der Waals surface area (Å²) in [7, 11) is 1.76. The monoisotopic (exact) mass is 255 g/mol. The third kappa shape index (κ3) is 2.00. The first-order valence-corrected chi connectivity index (χ1v) is 6.63. The molecule has 1 saturated carbocycles. The van der Waals surface area contributed by atoms with Gasteiger partial charge in [-0.25, -0.2) is 4.79 Å². The van der Waals surface area contributed by atoms with E-state index in [4.69, 9.17) is 9.47 Å². The van der Waals surface area contributed by atoms with Crippen LogP contribution in [0.2, 0.25) is 0 Å². The van der Waals surface area contributed by atoms with Gasteiger partial charge in [0.1, 0.15) is 0 Å². The quantitative estimate of drug-likeness (QED) is 0.548. The molecule has 1 amide bonds. The Morgan fingerprint density at radius 2 is 2.17 bits per heavy atom. The van der Waals surface area contributed by atoms with Crippen molar-refractivity contribution in [3.8, 4) is 0 Å². The van der Waals surface area contributed by atoms with E-state index in [-0.39, 0.29) is 24.7 Å². The summed E-state index contributed by atoms with van der Waals surface area (Å²) < 4.78 is 10.8. The number of likely N-dealkylation sites (N-methyl/N-ethyl adjacent to an activating group) is 1. The lowest BCUT2D eigenvalue weighted by atomic mass is 9.87. The number of fused-ring (bicyclic) bond motifs is 1. The van der Waals surface area contributed by atoms with Crippen LogP contribution in [0.4, 0.5) is 0 Å². The number of rotatable bonds is 2. The van der Waals surface area contributed by atoms with Gasteiger partial charge in [0, 0.05) is 7.05 Å². The molecule has 0 aromatic heterocycles. The topological polar surface area (TPSA) is 55.8 Å². The number of hydrogen-bond acceptors (Lipinski definition) is 4. The van der Waals surface area contributed by atoms with Crippen molar-refractivity contribution >= 4 is 11.9 Å². The van der Waals surface area contributed by atoms with Crippen LogP contribution < -0.4 is 0 Å². The van der Waals surface area contributed by atoms with Crippen LogP contribution in [-0.4, -0.2) is 48.2 Å². The van der Waals surface area contributed by atoms with Gasteiger partial charge in [0.2, 0.25) is 5.60 Å². The molecule has 0 N–H and O–H groups in total. The van der Waals surface area contributed by atoms with Crippen LogP contribution in [0.1, 0.15) is 39.5 Å². The van der Waals surface area contributed by atoms with Crippen LogP contribution in [0.15, 0.2) is 0 Å². The van der Waals surface area contributed by atoms with Gasteiger partial charge in [-0.15, -0.1) is 0 Å². The molecule has 2 aliphatic rings. The van der Waals surface area contributed by atoms with Crippen LogP contribution in [0.25, 0.3) is 0 Å². The molecule has 1 heterocycles. The number of ether oxygens (including phenoxy) is 2. The normalized spacial score (nSPS) is 36.2. The Bertz CT molecular complexity index is 357. The van der Waals surface area contributed by atoms with Crippen LogP contribution in [0, 0.1) is 0 Å². The van der Waals surface area contributed by atoms with E-state index in [0.717, 1.165) is 25.7 Å². The zero-order valence-electron chi connectivity index (χ0n) is 11.3. The molecule has 0 aromatic rings. The van der Waals surface area contributed by atoms with Gasteiger partial charge in [0.05, 0.1) is 18.8 Å². The Hall–Kier alpha value is -1.10. The van der Waals surface area contributed by atoms with E-state index >= 15 is 0 Å². The summed E-state index contributed by atoms with van der Waals surface area (Å²) in [5.41, 5.74) is -1.47. The second-order valence-corrected chi connectivity index (χ2v) is 5.18. The van der Waals surface area contributed by atoms with Crippen LogP contribution in [0.5, 0.6) is 0 Å². The molecule has 2 rings (SSSR count). The van der Waals surface area contributed by atoms with Gasteiger partial charge in [-0.2, -0.15) is 0 Å². The summed E-state index contributed by atoms with van der Waals surface area (Å²) in [6, 6.07) is 0.105. The van der Waals surface area contributed by atoms with Crippen molar-refractivity contribution in [2.24, 2.45) is 0 Å². The SMILES string of the molecule is CCOC(=O)[C@@]1(C)OC2CCCC[C@H]2N(C)C1=O. The lowest BCUT2D eigenvalue weighted by Gasteiger charge is -2.47. The average molecular weight is 255 g/mol. The average Bonchev–Trinajstić information content (AvgIpc) is 2.36. The fourth-order valence-electron chi connectivity index (χ4n) is 2.90. The first-order valence-electron chi connectivity index (χ1n) is 6.63. The van der Waals surface area contributed by atoms with Gasteiger partial charge in [-0.05, 0) is 26.7 Å². The Morgan fingerprint density at radius 3 is 2.83 bits per heavy atom. The Balaban J connectivity index is 2.22. The second-order valence-electron chi connectivity index (χ2n) is 5.18. The minimum Gasteiger partial charge on any atom is -0.463 e. The van der Waals surface area contributed by atoms with E-state index in [2.05, 4.69) is 0 Å². The first kappa shape index (κ1) is 13.3. The summed E-state index contributed by atoms with van der Waals surface area (Å²) in [5, 5.41) is 0. The zero-order valence-corrected chi connectivity index (χ0v) is 11.3. The van der Waals surface area contributed by atoms with Gasteiger partial charge in [-0.3, -0.25) is 4.79 Å². The predicted octanol–water partition coefficient (Wildman–Crippen LogP) is 1.11. The summed E-state index contributed by atoms with van der Waals surface area (Å²) in [4.78, 5) is 25.9. The molecule has 5 nitrogen and oxygen atoms in total. The highest BCUT2D eigenvalue weighted by molar-refractivity contribution is 6.06. The predicted molar refractivity (Wildman–Crippen MR) is 64.9 cm³/mol. The molecule has 5 heteroatoms. The summed E-state index contributed by atoms with van der Waals surface area (Å²) in [5.74, 6) is -0.866. The number of carbonyl (C=O) groups excluding carboxylic acids is 2. The maximum atomic E-state index is 12.3. The van der Waals surface area contributed by atoms with Crippen molar-refractivity contribution in [2.45, 2.75) is 57.3 Å². The molecule has 2 fully saturated rings. The smallest absolute Gasteiger partial charge is 0.348 e. The van der Waals surface area contributed by atoms with Crippen molar-refractivity contribution in [1.82, 2.24) is 4.90 Å². The molecule has 0 bridgehead atoms. The van der Waals surface area contributed by atoms with Crippen molar-refractivity contribution in [2.75, 3.05) is 13.7 Å². The van der Waals surface area contributed by atoms with Crippen molar-refractivity contribution in [1.29, 1.82) is 0 Å². The molecule has 1 unspecified atom stereocenters. The van der Waals surface area contributed by atoms with Crippen molar-refractivity contribution in [3.05, 3.63) is 0 Å². The molecule has 0 spiro atoms. The number of carbonyl (C=O) groups is 2. The van der Waals surface area contributed by atoms with Crippen LogP contribution >= 0.6 is 0 Å². The van der Waals surface area contributed by atoms with E-state index in [1.165, 1.54) is 6.92 Å². The highest BCUT2D eigenvalue weighted by atomic mass is 16.6. The lowest BCUT2D eigenvalue weighted by molar-refractivity contribution is -0.210. The summed E-state index contributed by atoms with van der Waals surface area (Å²) in [6.07, 6.45) is 4.00. The maximum absolute atomic E-state index is 12.3. The van der Waals surface area contributed by atoms with Crippen LogP contribution in [0.3, 0.4) is 0 Å². The number of morpholine rings is 1. The van der Waals surface area contributed by atoms with E-state index in [1.54, 1.807) is 18.9 Å². The van der Waals surface area contributed by atoms with Gasteiger partial charge >= 0.3 is 5.97 Å². The number of hydrogen-bond donors (Lipinski definition) is 0. The molecule has 18 heavy (non-hydrogen) atoms. The third-order valence-electron chi connectivity index (χ3n) is 3.95. The van der Waals surface area contributed by atoms with Gasteiger partial charge in [-0.1, -0.05) is 12.8 Å². The molecule has 102 valence electrons. The molecule has 1 aliphatic carbocycles. The van der Waals surface area contributed by atoms with E-state index in [1.807, 2.05) is 0 Å². The molecular formula is C13H21NO4. The van der Waals surface area contributed by atoms with Gasteiger partial charge in [0.25, 0.3) is 5.91 Å². The second kappa shape index (κ2) is 4.88. The Labute approximate surface area is 107 Å². The third-order valence-corrected chi connectivity index (χ3v) is 3.95. The summed E-state index contributed by atoms with van der Waals surface area (Å²) >= 11 is 0. The van der Waals surface area contributed by atoms with Gasteiger partial charge in [0.15, 0.2) is 0 Å². The Morgan fingerprint density at radius 1 is 1.50 bits per heavy atom. The molecule has 1 aliphatic heterocycles. The standard InChI is InChI=1S/C13H21NO4/c1-4-17-12(16)13(2)11(15)14(3)9-7-5-6-8-10(9)18-13/h9-10H,4-8H2,1-3H3/t9-,10?,13+/m1/s1. The summed E-state index contributed by atoms with van der Waals surface area (Å²) in [6.45, 7) is 3.50. The maximum Gasteiger partial charge on any atom is 0.348 e. The Kier molecular flexibility index (Phi) is 3.61. The highest BCUT2D eigenvalue weighted by Gasteiger charge is 2.54. The molecule has 0 radical (unpaired) electrons. The molecule has 0 aromatic carbocycles. The zero-order chi connectivity index (χ0) is 13.3. The lowest BCUT2D eigenvalue weighted by Crippen LogP contribution is -2.66. The van der Waals surface area contributed by atoms with Crippen LogP contribution in [-0.2, 0) is 19.1 Å². The minimum atomic E-state index is -1.47. The van der Waals surface area contributed by atoms with Crippen molar-refractivity contribution in [3.63, 3.8) is 0 Å². The van der Waals surface area contributed by atoms with Crippen molar-refractivity contribution < 1.29 is 19.1 Å². The first-order chi connectivity index (χ1) is 8.50. The minimum absolute atomic E-state index is 0.0455. The molecule has 1 saturated heterocycles. The van der Waals surface area contributed by atoms with E-state index < -0.39 is 11.6 Å². The highest BCUT2D eigenvalue weighted by Crippen LogP contribution is 2.35. The fraction of sp³-hybridized carbons (Fsp3) is 0.846. The van der Waals surface area contributed by atoms with Gasteiger partial charge < -0.3 is 14.4 Å². The molecular weight excluding hydrogens is 234 g/mol. The number of nitrogens with zero attached hydrogens (tertiary/aromatic N) is 1. The number of esters is 1. The fourth-order valence-corrected chi connectivity index (χ4v) is 2.90.